The molecule has 0 saturated heterocycles. The van der Waals surface area contributed by atoms with Gasteiger partial charge in [0.15, 0.2) is 12.4 Å². The van der Waals surface area contributed by atoms with Crippen LogP contribution in [0, 0.1) is 6.92 Å². The predicted octanol–water partition coefficient (Wildman–Crippen LogP) is -0.244. The van der Waals surface area contributed by atoms with E-state index in [0.29, 0.717) is 4.60 Å². The fourth-order valence-electron chi connectivity index (χ4n) is 2.31. The number of ether oxygens (including phenoxy) is 1. The van der Waals surface area contributed by atoms with Gasteiger partial charge in [0.2, 0.25) is 5.82 Å². The fraction of sp³-hybridized carbons (Fsp3) is 0.167. The zero-order valence-electron chi connectivity index (χ0n) is 15.1. The average Bonchev–Trinajstić information content (AvgIpc) is 2.62. The molecule has 0 atom stereocenters. The second-order valence-corrected chi connectivity index (χ2v) is 8.43. The van der Waals surface area contributed by atoms with Gasteiger partial charge in [-0.25, -0.2) is 23.0 Å². The molecule has 7 nitrogen and oxygen atoms in total. The third kappa shape index (κ3) is 5.63. The standard InChI is InChI=1S/C18H18BrN4O3S.ClH/c1-13-5-7-15(8-6-13)27(24,25)22-17-18(21-16(19)10-20-17)26-12-14-4-3-9-23(2)11-14;/h3-11H,12H2,1-2H3,(H,20,22);1H/q+1;/p-1. The van der Waals surface area contributed by atoms with E-state index in [2.05, 4.69) is 30.6 Å². The van der Waals surface area contributed by atoms with Gasteiger partial charge in [0.25, 0.3) is 15.9 Å². The molecule has 3 aromatic rings. The van der Waals surface area contributed by atoms with Gasteiger partial charge < -0.3 is 17.1 Å². The van der Waals surface area contributed by atoms with Gasteiger partial charge in [-0.2, -0.15) is 0 Å². The second-order valence-electron chi connectivity index (χ2n) is 5.93. The van der Waals surface area contributed by atoms with Gasteiger partial charge in [0, 0.05) is 6.07 Å². The molecule has 0 amide bonds. The van der Waals surface area contributed by atoms with Crippen LogP contribution >= 0.6 is 15.9 Å². The second kappa shape index (κ2) is 9.31. The Balaban J connectivity index is 0.00000280. The summed E-state index contributed by atoms with van der Waals surface area (Å²) in [6, 6.07) is 10.3. The molecule has 0 fully saturated rings. The quantitative estimate of drug-likeness (QED) is 0.487. The van der Waals surface area contributed by atoms with E-state index in [1.54, 1.807) is 12.1 Å². The lowest BCUT2D eigenvalue weighted by Gasteiger charge is -2.12. The molecule has 0 aliphatic carbocycles. The van der Waals surface area contributed by atoms with Gasteiger partial charge in [-0.15, -0.1) is 0 Å². The van der Waals surface area contributed by atoms with Crippen LogP contribution in [0.4, 0.5) is 5.82 Å². The Hall–Kier alpha value is -2.23. The number of hydrogen-bond donors (Lipinski definition) is 1. The third-order valence-electron chi connectivity index (χ3n) is 3.65. The van der Waals surface area contributed by atoms with Crippen molar-refractivity contribution >= 4 is 31.8 Å². The summed E-state index contributed by atoms with van der Waals surface area (Å²) in [7, 11) is -1.90. The van der Waals surface area contributed by atoms with Gasteiger partial charge in [-0.05, 0) is 41.1 Å². The number of rotatable bonds is 6. The molecular weight excluding hydrogens is 468 g/mol. The zero-order valence-corrected chi connectivity index (χ0v) is 18.3. The molecule has 0 aliphatic heterocycles. The number of aromatic nitrogens is 3. The summed E-state index contributed by atoms with van der Waals surface area (Å²) in [4.78, 5) is 8.45. The normalized spacial score (nSPS) is 10.8. The van der Waals surface area contributed by atoms with Crippen LogP contribution in [0.1, 0.15) is 11.1 Å². The highest BCUT2D eigenvalue weighted by molar-refractivity contribution is 9.10. The van der Waals surface area contributed by atoms with E-state index in [1.165, 1.54) is 18.3 Å². The first-order chi connectivity index (χ1) is 12.8. The van der Waals surface area contributed by atoms with Gasteiger partial charge in [0.05, 0.1) is 16.7 Å². The summed E-state index contributed by atoms with van der Waals surface area (Å²) >= 11 is 3.23. The van der Waals surface area contributed by atoms with E-state index < -0.39 is 10.0 Å². The fourth-order valence-corrected chi connectivity index (χ4v) is 3.58. The van der Waals surface area contributed by atoms with Crippen LogP contribution in [-0.4, -0.2) is 18.4 Å². The number of aryl methyl sites for hydroxylation is 2. The highest BCUT2D eigenvalue weighted by Crippen LogP contribution is 2.25. The monoisotopic (exact) mass is 484 g/mol. The Labute approximate surface area is 178 Å². The first-order valence-electron chi connectivity index (χ1n) is 8.02. The summed E-state index contributed by atoms with van der Waals surface area (Å²) in [6.07, 6.45) is 5.22. The first-order valence-corrected chi connectivity index (χ1v) is 10.3. The van der Waals surface area contributed by atoms with Gasteiger partial charge >= 0.3 is 0 Å². The molecule has 28 heavy (non-hydrogen) atoms. The maximum Gasteiger partial charge on any atom is 0.263 e. The van der Waals surface area contributed by atoms with E-state index in [1.807, 2.05) is 43.1 Å². The van der Waals surface area contributed by atoms with Gasteiger partial charge in [-0.1, -0.05) is 17.7 Å². The van der Waals surface area contributed by atoms with Crippen LogP contribution in [0.3, 0.4) is 0 Å². The minimum absolute atomic E-state index is 0. The van der Waals surface area contributed by atoms with E-state index >= 15 is 0 Å². The lowest BCUT2D eigenvalue weighted by Crippen LogP contribution is -3.00. The SMILES string of the molecule is Cc1ccc(S(=O)(=O)Nc2ncc(Br)nc2OCc2ccc[n+](C)c2)cc1.[Cl-]. The van der Waals surface area contributed by atoms with Crippen molar-refractivity contribution < 1.29 is 30.1 Å². The summed E-state index contributed by atoms with van der Waals surface area (Å²) in [6.45, 7) is 2.11. The van der Waals surface area contributed by atoms with E-state index in [9.17, 15) is 8.42 Å². The lowest BCUT2D eigenvalue weighted by molar-refractivity contribution is -0.672. The molecule has 0 aliphatic rings. The van der Waals surface area contributed by atoms with Crippen molar-refractivity contribution in [2.75, 3.05) is 4.72 Å². The summed E-state index contributed by atoms with van der Waals surface area (Å²) < 4.78 is 35.7. The highest BCUT2D eigenvalue weighted by atomic mass is 79.9. The van der Waals surface area contributed by atoms with Crippen molar-refractivity contribution in [3.63, 3.8) is 0 Å². The van der Waals surface area contributed by atoms with E-state index in [-0.39, 0.29) is 35.6 Å². The van der Waals surface area contributed by atoms with Crippen LogP contribution in [0.2, 0.25) is 0 Å². The van der Waals surface area contributed by atoms with Crippen LogP contribution in [-0.2, 0) is 23.7 Å². The molecule has 0 spiro atoms. The molecule has 1 aromatic carbocycles. The molecule has 2 aromatic heterocycles. The number of pyridine rings is 1. The number of anilines is 1. The molecule has 1 N–H and O–H groups in total. The zero-order chi connectivity index (χ0) is 19.4. The predicted molar refractivity (Wildman–Crippen MR) is 104 cm³/mol. The number of benzene rings is 1. The first kappa shape index (κ1) is 22.1. The van der Waals surface area contributed by atoms with Crippen molar-refractivity contribution in [3.8, 4) is 5.88 Å². The van der Waals surface area contributed by atoms with E-state index in [0.717, 1.165) is 11.1 Å². The van der Waals surface area contributed by atoms with Crippen LogP contribution in [0.25, 0.3) is 0 Å². The molecule has 10 heteroatoms. The molecule has 0 radical (unpaired) electrons. The number of halogens is 2. The summed E-state index contributed by atoms with van der Waals surface area (Å²) in [5.41, 5.74) is 1.88. The number of nitrogens with one attached hydrogen (secondary N) is 1. The van der Waals surface area contributed by atoms with Crippen LogP contribution in [0.5, 0.6) is 5.88 Å². The van der Waals surface area contributed by atoms with Crippen LogP contribution in [0.15, 0.2) is 64.5 Å². The van der Waals surface area contributed by atoms with Gasteiger partial charge in [-0.3, -0.25) is 4.72 Å². The Kier molecular flexibility index (Phi) is 7.34. The van der Waals surface area contributed by atoms with Crippen molar-refractivity contribution in [1.82, 2.24) is 9.97 Å². The van der Waals surface area contributed by atoms with Crippen LogP contribution < -0.4 is 26.4 Å². The smallest absolute Gasteiger partial charge is 0.263 e. The third-order valence-corrected chi connectivity index (χ3v) is 5.39. The van der Waals surface area contributed by atoms with Crippen molar-refractivity contribution in [3.05, 3.63) is 70.7 Å². The molecular formula is C18H18BrClN4O3S. The molecule has 0 saturated carbocycles. The molecule has 2 heterocycles. The number of hydrogen-bond acceptors (Lipinski definition) is 5. The Morgan fingerprint density at radius 2 is 1.93 bits per heavy atom. The summed E-state index contributed by atoms with van der Waals surface area (Å²) in [5.74, 6) is 0.116. The lowest BCUT2D eigenvalue weighted by atomic mass is 10.2. The molecule has 0 bridgehead atoms. The Bertz CT molecular complexity index is 1060. The Morgan fingerprint density at radius 3 is 2.61 bits per heavy atom. The van der Waals surface area contributed by atoms with Gasteiger partial charge in [0.1, 0.15) is 18.3 Å². The number of nitrogens with zero attached hydrogens (tertiary/aromatic N) is 3. The van der Waals surface area contributed by atoms with Crippen molar-refractivity contribution in [1.29, 1.82) is 0 Å². The highest BCUT2D eigenvalue weighted by Gasteiger charge is 2.19. The Morgan fingerprint density at radius 1 is 1.21 bits per heavy atom. The van der Waals surface area contributed by atoms with E-state index in [4.69, 9.17) is 4.74 Å². The van der Waals surface area contributed by atoms with Crippen molar-refractivity contribution in [2.45, 2.75) is 18.4 Å². The largest absolute Gasteiger partial charge is 1.00 e. The molecule has 3 rings (SSSR count). The minimum Gasteiger partial charge on any atom is -1.00 e. The average molecular weight is 486 g/mol. The minimum atomic E-state index is -3.81. The maximum atomic E-state index is 12.6. The summed E-state index contributed by atoms with van der Waals surface area (Å²) in [5, 5.41) is 0. The molecule has 0 unspecified atom stereocenters. The number of sulfonamides is 1. The van der Waals surface area contributed by atoms with Crippen molar-refractivity contribution in [2.24, 2.45) is 7.05 Å². The maximum absolute atomic E-state index is 12.6. The molecule has 148 valence electrons. The topological polar surface area (TPSA) is 85.1 Å².